The SMILES string of the molecule is NN1/C(=C2/Nc3ccccc3C2=O)C(=O)c2ccccc21. The number of nitrogens with one attached hydrogen (secondary N) is 1. The van der Waals surface area contributed by atoms with Crippen molar-refractivity contribution in [3.8, 4) is 0 Å². The summed E-state index contributed by atoms with van der Waals surface area (Å²) in [5.74, 6) is 5.57. The average Bonchev–Trinajstić information content (AvgIpc) is 2.96. The number of hydrazine groups is 1. The van der Waals surface area contributed by atoms with Crippen molar-refractivity contribution in [3.63, 3.8) is 0 Å². The van der Waals surface area contributed by atoms with E-state index < -0.39 is 0 Å². The number of allylic oxidation sites excluding steroid dienone is 2. The molecule has 0 saturated carbocycles. The fourth-order valence-corrected chi connectivity index (χ4v) is 2.75. The lowest BCUT2D eigenvalue weighted by molar-refractivity contribution is 0.101. The molecule has 0 bridgehead atoms. The summed E-state index contributed by atoms with van der Waals surface area (Å²) in [7, 11) is 0. The predicted octanol–water partition coefficient (Wildman–Crippen LogP) is 2.08. The van der Waals surface area contributed by atoms with E-state index in [4.69, 9.17) is 5.84 Å². The Labute approximate surface area is 120 Å². The zero-order valence-electron chi connectivity index (χ0n) is 11.0. The molecular weight excluding hydrogens is 266 g/mol. The van der Waals surface area contributed by atoms with E-state index in [1.165, 1.54) is 5.01 Å². The van der Waals surface area contributed by atoms with Crippen LogP contribution in [0.1, 0.15) is 20.7 Å². The van der Waals surface area contributed by atoms with Gasteiger partial charge in [0.2, 0.25) is 11.6 Å². The minimum absolute atomic E-state index is 0.192. The Kier molecular flexibility index (Phi) is 2.28. The van der Waals surface area contributed by atoms with Crippen LogP contribution in [0.15, 0.2) is 59.9 Å². The molecule has 0 amide bonds. The number of rotatable bonds is 0. The minimum Gasteiger partial charge on any atom is -0.350 e. The normalized spacial score (nSPS) is 19.6. The number of carbonyl (C=O) groups is 2. The summed E-state index contributed by atoms with van der Waals surface area (Å²) < 4.78 is 0. The first kappa shape index (κ1) is 11.9. The Morgan fingerprint density at radius 1 is 0.857 bits per heavy atom. The molecule has 5 nitrogen and oxygen atoms in total. The molecule has 0 atom stereocenters. The summed E-state index contributed by atoms with van der Waals surface area (Å²) >= 11 is 0. The van der Waals surface area contributed by atoms with Crippen molar-refractivity contribution < 1.29 is 9.59 Å². The van der Waals surface area contributed by atoms with Crippen LogP contribution >= 0.6 is 0 Å². The van der Waals surface area contributed by atoms with Gasteiger partial charge in [0, 0.05) is 16.8 Å². The van der Waals surface area contributed by atoms with Gasteiger partial charge in [0.25, 0.3) is 0 Å². The number of ketones is 2. The van der Waals surface area contributed by atoms with E-state index in [-0.39, 0.29) is 23.0 Å². The number of para-hydroxylation sites is 2. The molecule has 3 N–H and O–H groups in total. The monoisotopic (exact) mass is 277 g/mol. The number of fused-ring (bicyclic) bond motifs is 2. The molecule has 102 valence electrons. The van der Waals surface area contributed by atoms with Crippen LogP contribution in [0.2, 0.25) is 0 Å². The lowest BCUT2D eigenvalue weighted by atomic mass is 10.1. The fraction of sp³-hybridized carbons (Fsp3) is 0. The number of anilines is 2. The molecule has 2 aromatic rings. The van der Waals surface area contributed by atoms with Gasteiger partial charge in [-0.1, -0.05) is 24.3 Å². The van der Waals surface area contributed by atoms with E-state index in [1.54, 1.807) is 42.5 Å². The minimum atomic E-state index is -0.239. The zero-order chi connectivity index (χ0) is 14.6. The maximum absolute atomic E-state index is 12.5. The van der Waals surface area contributed by atoms with E-state index in [2.05, 4.69) is 5.32 Å². The smallest absolute Gasteiger partial charge is 0.215 e. The van der Waals surface area contributed by atoms with Gasteiger partial charge in [-0.15, -0.1) is 0 Å². The van der Waals surface area contributed by atoms with Gasteiger partial charge in [0.15, 0.2) is 0 Å². The van der Waals surface area contributed by atoms with E-state index >= 15 is 0 Å². The number of hydrogen-bond acceptors (Lipinski definition) is 5. The third-order valence-corrected chi connectivity index (χ3v) is 3.76. The highest BCUT2D eigenvalue weighted by atomic mass is 16.1. The Balaban J connectivity index is 1.90. The molecule has 5 heteroatoms. The van der Waals surface area contributed by atoms with Crippen LogP contribution in [0.4, 0.5) is 11.4 Å². The summed E-state index contributed by atoms with van der Waals surface area (Å²) in [5.41, 5.74) is 2.79. The Hall–Kier alpha value is -2.92. The second kappa shape index (κ2) is 4.04. The molecule has 2 heterocycles. The van der Waals surface area contributed by atoms with Crippen LogP contribution in [0.3, 0.4) is 0 Å². The van der Waals surface area contributed by atoms with E-state index in [0.29, 0.717) is 22.5 Å². The third-order valence-electron chi connectivity index (χ3n) is 3.76. The first-order valence-electron chi connectivity index (χ1n) is 6.52. The summed E-state index contributed by atoms with van der Waals surface area (Å²) in [6, 6.07) is 14.2. The van der Waals surface area contributed by atoms with Crippen LogP contribution in [0.5, 0.6) is 0 Å². The molecular formula is C16H11N3O2. The highest BCUT2D eigenvalue weighted by Crippen LogP contribution is 2.37. The molecule has 2 aliphatic rings. The number of hydrogen-bond donors (Lipinski definition) is 2. The van der Waals surface area contributed by atoms with Gasteiger partial charge >= 0.3 is 0 Å². The Bertz CT molecular complexity index is 839. The third kappa shape index (κ3) is 1.49. The van der Waals surface area contributed by atoms with E-state index in [0.717, 1.165) is 0 Å². The van der Waals surface area contributed by atoms with Gasteiger partial charge in [-0.25, -0.2) is 5.84 Å². The highest BCUT2D eigenvalue weighted by Gasteiger charge is 2.38. The van der Waals surface area contributed by atoms with Crippen LogP contribution in [0, 0.1) is 0 Å². The van der Waals surface area contributed by atoms with Gasteiger partial charge < -0.3 is 5.32 Å². The largest absolute Gasteiger partial charge is 0.350 e. The summed E-state index contributed by atoms with van der Waals surface area (Å²) in [4.78, 5) is 25.0. The van der Waals surface area contributed by atoms with E-state index in [1.807, 2.05) is 6.07 Å². The van der Waals surface area contributed by atoms with Gasteiger partial charge in [0.05, 0.1) is 5.69 Å². The van der Waals surface area contributed by atoms with Gasteiger partial charge in [-0.2, -0.15) is 0 Å². The number of Topliss-reactive ketones (excluding diaryl/α,β-unsaturated/α-hetero) is 2. The molecule has 0 spiro atoms. The van der Waals surface area contributed by atoms with Crippen molar-refractivity contribution in [1.82, 2.24) is 0 Å². The van der Waals surface area contributed by atoms with Crippen molar-refractivity contribution in [1.29, 1.82) is 0 Å². The van der Waals surface area contributed by atoms with Crippen LogP contribution < -0.4 is 16.2 Å². The van der Waals surface area contributed by atoms with Gasteiger partial charge in [0.1, 0.15) is 11.4 Å². The molecule has 0 saturated heterocycles. The molecule has 0 fully saturated rings. The predicted molar refractivity (Wildman–Crippen MR) is 78.9 cm³/mol. The molecule has 0 aromatic heterocycles. The Morgan fingerprint density at radius 3 is 2.24 bits per heavy atom. The molecule has 21 heavy (non-hydrogen) atoms. The molecule has 4 rings (SSSR count). The van der Waals surface area contributed by atoms with Crippen molar-refractivity contribution in [2.24, 2.45) is 5.84 Å². The quantitative estimate of drug-likeness (QED) is 0.569. The lowest BCUT2D eigenvalue weighted by Crippen LogP contribution is -2.31. The number of nitrogens with two attached hydrogens (primary N) is 1. The maximum Gasteiger partial charge on any atom is 0.215 e. The van der Waals surface area contributed by atoms with Crippen molar-refractivity contribution in [2.45, 2.75) is 0 Å². The fourth-order valence-electron chi connectivity index (χ4n) is 2.75. The van der Waals surface area contributed by atoms with Gasteiger partial charge in [-0.3, -0.25) is 14.6 Å². The average molecular weight is 277 g/mol. The van der Waals surface area contributed by atoms with E-state index in [9.17, 15) is 9.59 Å². The molecule has 0 unspecified atom stereocenters. The maximum atomic E-state index is 12.5. The zero-order valence-corrected chi connectivity index (χ0v) is 11.0. The standard InChI is InChI=1S/C16H11N3O2/c17-19-12-8-4-2-6-10(12)16(21)14(19)13-15(20)9-5-1-3-7-11(9)18-13/h1-8,18H,17H2/b14-13+. The highest BCUT2D eigenvalue weighted by molar-refractivity contribution is 6.27. The summed E-state index contributed by atoms with van der Waals surface area (Å²) in [5, 5.41) is 4.29. The lowest BCUT2D eigenvalue weighted by Gasteiger charge is -2.14. The second-order valence-corrected chi connectivity index (χ2v) is 4.94. The Morgan fingerprint density at radius 2 is 1.52 bits per heavy atom. The summed E-state index contributed by atoms with van der Waals surface area (Å²) in [6.45, 7) is 0. The first-order valence-corrected chi connectivity index (χ1v) is 6.52. The molecule has 2 aliphatic heterocycles. The molecule has 2 aromatic carbocycles. The van der Waals surface area contributed by atoms with Crippen LogP contribution in [-0.4, -0.2) is 11.6 Å². The van der Waals surface area contributed by atoms with Crippen LogP contribution in [-0.2, 0) is 0 Å². The number of nitrogens with zero attached hydrogens (tertiary/aromatic N) is 1. The van der Waals surface area contributed by atoms with Crippen molar-refractivity contribution >= 4 is 22.9 Å². The second-order valence-electron chi connectivity index (χ2n) is 4.94. The van der Waals surface area contributed by atoms with Crippen molar-refractivity contribution in [3.05, 3.63) is 71.1 Å². The topological polar surface area (TPSA) is 75.4 Å². The van der Waals surface area contributed by atoms with Gasteiger partial charge in [-0.05, 0) is 24.3 Å². The number of carbonyl (C=O) groups excluding carboxylic acids is 2. The molecule has 0 radical (unpaired) electrons. The van der Waals surface area contributed by atoms with Crippen molar-refractivity contribution in [2.75, 3.05) is 10.3 Å². The molecule has 0 aliphatic carbocycles. The van der Waals surface area contributed by atoms with Crippen LogP contribution in [0.25, 0.3) is 0 Å². The number of benzene rings is 2. The summed E-state index contributed by atoms with van der Waals surface area (Å²) in [6.07, 6.45) is 0. The first-order chi connectivity index (χ1) is 10.2.